The molecule has 0 unspecified atom stereocenters. The van der Waals surface area contributed by atoms with Crippen LogP contribution in [0.25, 0.3) is 0 Å². The number of amides is 1. The first-order valence-electron chi connectivity index (χ1n) is 8.04. The molecule has 128 valence electrons. The molecule has 0 N–H and O–H groups in total. The molecule has 0 fully saturated rings. The van der Waals surface area contributed by atoms with Crippen molar-refractivity contribution in [2.75, 3.05) is 13.6 Å². The van der Waals surface area contributed by atoms with Crippen LogP contribution in [0.2, 0.25) is 0 Å². The molecule has 0 saturated heterocycles. The fraction of sp³-hybridized carbons (Fsp3) is 0.211. The molecule has 0 aliphatic rings. The highest BCUT2D eigenvalue weighted by molar-refractivity contribution is 5.95. The Hall–Kier alpha value is -3.02. The molecule has 6 heteroatoms. The van der Waals surface area contributed by atoms with Gasteiger partial charge in [-0.2, -0.15) is 5.10 Å². The lowest BCUT2D eigenvalue weighted by Gasteiger charge is -2.19. The highest BCUT2D eigenvalue weighted by Gasteiger charge is 2.16. The van der Waals surface area contributed by atoms with E-state index < -0.39 is 0 Å². The molecule has 1 aromatic heterocycles. The summed E-state index contributed by atoms with van der Waals surface area (Å²) in [7, 11) is 1.73. The maximum atomic E-state index is 13.7. The number of hydrogen-bond acceptors (Lipinski definition) is 3. The quantitative estimate of drug-likeness (QED) is 0.694. The van der Waals surface area contributed by atoms with Gasteiger partial charge < -0.3 is 4.90 Å². The first-order chi connectivity index (χ1) is 12.1. The number of nitrogens with zero attached hydrogens (tertiary/aromatic N) is 4. The molecule has 2 aromatic carbocycles. The van der Waals surface area contributed by atoms with E-state index in [2.05, 4.69) is 10.1 Å². The fourth-order valence-corrected chi connectivity index (χ4v) is 2.65. The fourth-order valence-electron chi connectivity index (χ4n) is 2.65. The Morgan fingerprint density at radius 1 is 1.12 bits per heavy atom. The van der Waals surface area contributed by atoms with Crippen molar-refractivity contribution >= 4 is 5.91 Å². The molecule has 0 aliphatic heterocycles. The van der Waals surface area contributed by atoms with Crippen LogP contribution in [0.1, 0.15) is 21.5 Å². The summed E-state index contributed by atoms with van der Waals surface area (Å²) in [6.45, 7) is 0.917. The summed E-state index contributed by atoms with van der Waals surface area (Å²) in [6, 6.07) is 14.1. The molecule has 0 aliphatic carbocycles. The Morgan fingerprint density at radius 3 is 2.56 bits per heavy atom. The predicted molar refractivity (Wildman–Crippen MR) is 92.6 cm³/mol. The van der Waals surface area contributed by atoms with Crippen LogP contribution in [0.15, 0.2) is 61.2 Å². The molecule has 0 saturated carbocycles. The van der Waals surface area contributed by atoms with Crippen molar-refractivity contribution in [1.82, 2.24) is 19.7 Å². The number of benzene rings is 2. The SMILES string of the molecule is CN(CCc1ccccc1F)C(=O)c1ccccc1Cn1cncn1. The summed E-state index contributed by atoms with van der Waals surface area (Å²) in [5, 5.41) is 4.08. The van der Waals surface area contributed by atoms with Crippen molar-refractivity contribution in [1.29, 1.82) is 0 Å². The van der Waals surface area contributed by atoms with Crippen molar-refractivity contribution in [2.45, 2.75) is 13.0 Å². The topological polar surface area (TPSA) is 51.0 Å². The number of hydrogen-bond donors (Lipinski definition) is 0. The Bertz CT molecular complexity index is 848. The smallest absolute Gasteiger partial charge is 0.253 e. The van der Waals surface area contributed by atoms with Gasteiger partial charge in [0.15, 0.2) is 0 Å². The van der Waals surface area contributed by atoms with Crippen LogP contribution in [0.3, 0.4) is 0 Å². The summed E-state index contributed by atoms with van der Waals surface area (Å²) < 4.78 is 15.4. The molecule has 0 spiro atoms. The Labute approximate surface area is 145 Å². The second-order valence-electron chi connectivity index (χ2n) is 5.82. The molecule has 0 atom stereocenters. The lowest BCUT2D eigenvalue weighted by molar-refractivity contribution is 0.0795. The van der Waals surface area contributed by atoms with Crippen molar-refractivity contribution in [3.63, 3.8) is 0 Å². The minimum Gasteiger partial charge on any atom is -0.341 e. The van der Waals surface area contributed by atoms with Crippen molar-refractivity contribution in [3.8, 4) is 0 Å². The molecular weight excluding hydrogens is 319 g/mol. The number of aromatic nitrogens is 3. The average molecular weight is 338 g/mol. The van der Waals surface area contributed by atoms with E-state index in [4.69, 9.17) is 0 Å². The zero-order valence-corrected chi connectivity index (χ0v) is 14.0. The highest BCUT2D eigenvalue weighted by Crippen LogP contribution is 2.14. The van der Waals surface area contributed by atoms with Crippen LogP contribution < -0.4 is 0 Å². The number of carbonyl (C=O) groups is 1. The highest BCUT2D eigenvalue weighted by atomic mass is 19.1. The normalized spacial score (nSPS) is 10.6. The molecular formula is C19H19FN4O. The second kappa shape index (κ2) is 7.70. The van der Waals surface area contributed by atoms with Gasteiger partial charge in [-0.15, -0.1) is 0 Å². The largest absolute Gasteiger partial charge is 0.341 e. The monoisotopic (exact) mass is 338 g/mol. The maximum Gasteiger partial charge on any atom is 0.253 e. The van der Waals surface area contributed by atoms with E-state index in [-0.39, 0.29) is 11.7 Å². The number of halogens is 1. The van der Waals surface area contributed by atoms with E-state index in [9.17, 15) is 9.18 Å². The van der Waals surface area contributed by atoms with Crippen LogP contribution in [-0.4, -0.2) is 39.2 Å². The predicted octanol–water partition coefficient (Wildman–Crippen LogP) is 2.78. The van der Waals surface area contributed by atoms with Crippen LogP contribution in [-0.2, 0) is 13.0 Å². The van der Waals surface area contributed by atoms with Crippen LogP contribution in [0.4, 0.5) is 4.39 Å². The molecule has 0 radical (unpaired) electrons. The van der Waals surface area contributed by atoms with Gasteiger partial charge in [-0.05, 0) is 29.7 Å². The zero-order valence-electron chi connectivity index (χ0n) is 14.0. The third-order valence-electron chi connectivity index (χ3n) is 4.07. The van der Waals surface area contributed by atoms with E-state index in [0.29, 0.717) is 30.6 Å². The van der Waals surface area contributed by atoms with Gasteiger partial charge in [0, 0.05) is 19.2 Å². The molecule has 1 heterocycles. The van der Waals surface area contributed by atoms with Gasteiger partial charge in [-0.25, -0.2) is 14.1 Å². The molecule has 5 nitrogen and oxygen atoms in total. The zero-order chi connectivity index (χ0) is 17.6. The standard InChI is InChI=1S/C19H19FN4O/c1-23(11-10-15-6-3-5-9-18(15)20)19(25)17-8-4-2-7-16(17)12-24-14-21-13-22-24/h2-9,13-14H,10-12H2,1H3. The Kier molecular flexibility index (Phi) is 5.18. The minimum absolute atomic E-state index is 0.0907. The van der Waals surface area contributed by atoms with E-state index in [1.54, 1.807) is 47.2 Å². The van der Waals surface area contributed by atoms with Gasteiger partial charge in [-0.3, -0.25) is 4.79 Å². The average Bonchev–Trinajstić information content (AvgIpc) is 3.14. The van der Waals surface area contributed by atoms with E-state index in [1.165, 1.54) is 12.4 Å². The molecule has 25 heavy (non-hydrogen) atoms. The van der Waals surface area contributed by atoms with Crippen molar-refractivity contribution in [2.24, 2.45) is 0 Å². The van der Waals surface area contributed by atoms with Gasteiger partial charge in [0.2, 0.25) is 0 Å². The number of likely N-dealkylation sites (N-methyl/N-ethyl adjacent to an activating group) is 1. The number of carbonyl (C=O) groups excluding carboxylic acids is 1. The summed E-state index contributed by atoms with van der Waals surface area (Å²) >= 11 is 0. The molecule has 1 amide bonds. The molecule has 3 aromatic rings. The van der Waals surface area contributed by atoms with Crippen LogP contribution in [0, 0.1) is 5.82 Å². The van der Waals surface area contributed by atoms with Crippen molar-refractivity contribution in [3.05, 3.63) is 83.7 Å². The van der Waals surface area contributed by atoms with Gasteiger partial charge >= 0.3 is 0 Å². The lowest BCUT2D eigenvalue weighted by atomic mass is 10.1. The van der Waals surface area contributed by atoms with Gasteiger partial charge in [0.1, 0.15) is 18.5 Å². The van der Waals surface area contributed by atoms with Crippen LogP contribution >= 0.6 is 0 Å². The molecule has 3 rings (SSSR count). The summed E-state index contributed by atoms with van der Waals surface area (Å²) in [5.41, 5.74) is 2.10. The summed E-state index contributed by atoms with van der Waals surface area (Å²) in [6.07, 6.45) is 3.55. The van der Waals surface area contributed by atoms with Gasteiger partial charge in [0.25, 0.3) is 5.91 Å². The second-order valence-corrected chi connectivity index (χ2v) is 5.82. The van der Waals surface area contributed by atoms with Crippen molar-refractivity contribution < 1.29 is 9.18 Å². The minimum atomic E-state index is -0.241. The number of rotatable bonds is 6. The van der Waals surface area contributed by atoms with E-state index in [0.717, 1.165) is 5.56 Å². The Morgan fingerprint density at radius 2 is 1.84 bits per heavy atom. The first-order valence-corrected chi connectivity index (χ1v) is 8.04. The third-order valence-corrected chi connectivity index (χ3v) is 4.07. The maximum absolute atomic E-state index is 13.7. The van der Waals surface area contributed by atoms with E-state index >= 15 is 0 Å². The van der Waals surface area contributed by atoms with E-state index in [1.807, 2.05) is 18.2 Å². The van der Waals surface area contributed by atoms with Gasteiger partial charge in [0.05, 0.1) is 6.54 Å². The van der Waals surface area contributed by atoms with Crippen LogP contribution in [0.5, 0.6) is 0 Å². The third kappa shape index (κ3) is 4.09. The summed E-state index contributed by atoms with van der Waals surface area (Å²) in [5.74, 6) is -0.331. The summed E-state index contributed by atoms with van der Waals surface area (Å²) in [4.78, 5) is 18.3. The first kappa shape index (κ1) is 16.8. The Balaban J connectivity index is 1.71. The molecule has 0 bridgehead atoms. The van der Waals surface area contributed by atoms with Gasteiger partial charge in [-0.1, -0.05) is 36.4 Å². The lowest BCUT2D eigenvalue weighted by Crippen LogP contribution is -2.30.